The molecule has 5 nitrogen and oxygen atoms in total. The second-order valence-electron chi connectivity index (χ2n) is 11.3. The maximum Gasteiger partial charge on any atom is 0.264 e. The van der Waals surface area contributed by atoms with E-state index in [0.29, 0.717) is 12.0 Å². The van der Waals surface area contributed by atoms with Crippen LogP contribution in [0.4, 0.5) is 0 Å². The van der Waals surface area contributed by atoms with Gasteiger partial charge in [0.25, 0.3) is 5.91 Å². The summed E-state index contributed by atoms with van der Waals surface area (Å²) < 4.78 is 12.7. The maximum atomic E-state index is 13.8. The third kappa shape index (κ3) is 2.67. The molecule has 0 radical (unpaired) electrons. The Hall–Kier alpha value is -2.05. The van der Waals surface area contributed by atoms with Crippen molar-refractivity contribution in [2.75, 3.05) is 20.7 Å². The highest BCUT2D eigenvalue weighted by Crippen LogP contribution is 2.68. The van der Waals surface area contributed by atoms with Crippen molar-refractivity contribution in [3.05, 3.63) is 44.1 Å². The molecule has 0 N–H and O–H groups in total. The lowest BCUT2D eigenvalue weighted by molar-refractivity contribution is -0.0227. The lowest BCUT2D eigenvalue weighted by atomic mass is 9.52. The molecule has 3 heterocycles. The lowest BCUT2D eigenvalue weighted by Crippen LogP contribution is -2.61. The zero-order chi connectivity index (χ0) is 24.1. The minimum absolute atomic E-state index is 0.0188. The van der Waals surface area contributed by atoms with Gasteiger partial charge < -0.3 is 19.3 Å². The average Bonchev–Trinajstić information content (AvgIpc) is 3.30. The van der Waals surface area contributed by atoms with Gasteiger partial charge in [0.15, 0.2) is 11.5 Å². The van der Waals surface area contributed by atoms with Gasteiger partial charge in [-0.1, -0.05) is 6.07 Å². The van der Waals surface area contributed by atoms with Gasteiger partial charge in [-0.25, -0.2) is 0 Å². The summed E-state index contributed by atoms with van der Waals surface area (Å²) in [7, 11) is 4.02. The normalized spacial score (nSPS) is 28.6. The monoisotopic (exact) mass is 480 g/mol. The predicted octanol–water partition coefficient (Wildman–Crippen LogP) is 5.13. The first-order valence-corrected chi connectivity index (χ1v) is 13.5. The number of fused-ring (bicyclic) bond motifs is 2. The average molecular weight is 481 g/mol. The highest BCUT2D eigenvalue weighted by molar-refractivity contribution is 7.14. The molecule has 2 aromatic rings. The van der Waals surface area contributed by atoms with E-state index in [1.807, 2.05) is 4.90 Å². The minimum atomic E-state index is -0.0281. The van der Waals surface area contributed by atoms with Crippen molar-refractivity contribution in [2.45, 2.75) is 83.5 Å². The van der Waals surface area contributed by atoms with Crippen LogP contribution in [0.3, 0.4) is 0 Å². The summed E-state index contributed by atoms with van der Waals surface area (Å²) in [4.78, 5) is 20.5. The maximum absolute atomic E-state index is 13.8. The number of likely N-dealkylation sites (N-methyl/N-ethyl adjacent to an activating group) is 1. The molecule has 0 saturated carbocycles. The van der Waals surface area contributed by atoms with E-state index in [0.717, 1.165) is 42.2 Å². The van der Waals surface area contributed by atoms with Crippen LogP contribution in [0.15, 0.2) is 12.1 Å². The zero-order valence-electron chi connectivity index (χ0n) is 21.4. The standard InChI is InChI=1S/C28H36N2O3S/c1-14(2)30(15(3)4)27(31)24-16(5)18-13-19-20-12-17-8-9-21(32-7)23-22(17)28(19,10-11-29(20)6)26(33-23)25(18)34-24/h8-9,14-15,19-20,26H,10-13H2,1-7H3/t19?,20-,26-,28-/m0/s1. The van der Waals surface area contributed by atoms with Crippen LogP contribution in [0.1, 0.15) is 77.0 Å². The summed E-state index contributed by atoms with van der Waals surface area (Å²) >= 11 is 1.70. The molecule has 1 aromatic heterocycles. The van der Waals surface area contributed by atoms with Gasteiger partial charge in [-0.2, -0.15) is 0 Å². The number of piperidine rings is 1. The van der Waals surface area contributed by atoms with Gasteiger partial charge in [-0.3, -0.25) is 4.79 Å². The van der Waals surface area contributed by atoms with E-state index in [1.54, 1.807) is 18.4 Å². The molecule has 34 heavy (non-hydrogen) atoms. The zero-order valence-corrected chi connectivity index (χ0v) is 22.2. The Bertz CT molecular complexity index is 1180. The number of ether oxygens (including phenoxy) is 2. The molecule has 1 aromatic carbocycles. The van der Waals surface area contributed by atoms with Crippen LogP contribution in [-0.2, 0) is 18.3 Å². The molecule has 6 heteroatoms. The number of hydrogen-bond acceptors (Lipinski definition) is 5. The van der Waals surface area contributed by atoms with Crippen molar-refractivity contribution in [1.82, 2.24) is 9.80 Å². The third-order valence-corrected chi connectivity index (χ3v) is 10.5. The van der Waals surface area contributed by atoms with Crippen LogP contribution in [-0.4, -0.2) is 54.5 Å². The summed E-state index contributed by atoms with van der Waals surface area (Å²) in [5, 5.41) is 0. The van der Waals surface area contributed by atoms with Gasteiger partial charge in [0.2, 0.25) is 0 Å². The van der Waals surface area contributed by atoms with Gasteiger partial charge in [-0.05, 0) is 96.1 Å². The van der Waals surface area contributed by atoms with E-state index < -0.39 is 0 Å². The number of amides is 1. The van der Waals surface area contributed by atoms with Crippen LogP contribution in [0.25, 0.3) is 0 Å². The Morgan fingerprint density at radius 3 is 2.65 bits per heavy atom. The van der Waals surface area contributed by atoms with Gasteiger partial charge >= 0.3 is 0 Å². The molecule has 2 aliphatic carbocycles. The van der Waals surface area contributed by atoms with Crippen molar-refractivity contribution in [1.29, 1.82) is 0 Å². The Labute approximate surface area is 207 Å². The molecule has 4 atom stereocenters. The molecular formula is C28H36N2O3S. The third-order valence-electron chi connectivity index (χ3n) is 9.10. The first kappa shape index (κ1) is 22.4. The van der Waals surface area contributed by atoms with E-state index in [4.69, 9.17) is 9.47 Å². The van der Waals surface area contributed by atoms with Crippen LogP contribution >= 0.6 is 11.3 Å². The highest BCUT2D eigenvalue weighted by Gasteiger charge is 2.65. The first-order valence-electron chi connectivity index (χ1n) is 12.7. The molecule has 1 spiro atoms. The summed E-state index contributed by atoms with van der Waals surface area (Å²) in [6.45, 7) is 11.7. The van der Waals surface area contributed by atoms with Gasteiger partial charge in [0, 0.05) is 29.1 Å². The number of likely N-dealkylation sites (tertiary alicyclic amines) is 1. The Morgan fingerprint density at radius 2 is 1.97 bits per heavy atom. The SMILES string of the molecule is COc1ccc2c3c1O[C@H]1c4sc(C(=O)N(C(C)C)C(C)C)c(C)c4CC4[C@H](C2)N(C)CC[C@@]341. The smallest absolute Gasteiger partial charge is 0.264 e. The Balaban J connectivity index is 1.54. The largest absolute Gasteiger partial charge is 0.493 e. The first-order chi connectivity index (χ1) is 16.2. The fourth-order valence-corrected chi connectivity index (χ4v) is 9.10. The van der Waals surface area contributed by atoms with Gasteiger partial charge in [-0.15, -0.1) is 11.3 Å². The molecular weight excluding hydrogens is 444 g/mol. The fourth-order valence-electron chi connectivity index (χ4n) is 7.69. The van der Waals surface area contributed by atoms with E-state index in [9.17, 15) is 4.79 Å². The molecule has 1 saturated heterocycles. The Kier molecular flexibility index (Phi) is 4.93. The van der Waals surface area contributed by atoms with Crippen LogP contribution < -0.4 is 9.47 Å². The molecule has 182 valence electrons. The second kappa shape index (κ2) is 7.47. The van der Waals surface area contributed by atoms with Gasteiger partial charge in [0.05, 0.1) is 16.9 Å². The van der Waals surface area contributed by atoms with Crippen molar-refractivity contribution < 1.29 is 14.3 Å². The quantitative estimate of drug-likeness (QED) is 0.609. The minimum Gasteiger partial charge on any atom is -0.493 e. The van der Waals surface area contributed by atoms with Crippen molar-refractivity contribution in [3.8, 4) is 11.5 Å². The van der Waals surface area contributed by atoms with Crippen molar-refractivity contribution >= 4 is 17.2 Å². The van der Waals surface area contributed by atoms with Crippen LogP contribution in [0, 0.1) is 12.8 Å². The van der Waals surface area contributed by atoms with Crippen LogP contribution in [0.2, 0.25) is 0 Å². The summed E-state index contributed by atoms with van der Waals surface area (Å²) in [5.41, 5.74) is 5.34. The second-order valence-corrected chi connectivity index (χ2v) is 12.3. The number of carbonyl (C=O) groups excluding carboxylic acids is 1. The number of thiophene rings is 1. The molecule has 6 rings (SSSR count). The number of benzene rings is 1. The number of rotatable bonds is 4. The molecule has 1 unspecified atom stereocenters. The molecule has 4 aliphatic rings. The molecule has 1 fully saturated rings. The van der Waals surface area contributed by atoms with E-state index in [-0.39, 0.29) is 29.5 Å². The number of nitrogens with zero attached hydrogens (tertiary/aromatic N) is 2. The van der Waals surface area contributed by atoms with Crippen LogP contribution in [0.5, 0.6) is 11.5 Å². The van der Waals surface area contributed by atoms with Gasteiger partial charge in [0.1, 0.15) is 6.10 Å². The lowest BCUT2D eigenvalue weighted by Gasteiger charge is -2.57. The number of methoxy groups -OCH3 is 1. The summed E-state index contributed by atoms with van der Waals surface area (Å²) in [6.07, 6.45) is 3.15. The highest BCUT2D eigenvalue weighted by atomic mass is 32.1. The van der Waals surface area contributed by atoms with E-state index in [1.165, 1.54) is 27.1 Å². The number of hydrogen-bond donors (Lipinski definition) is 0. The molecule has 2 aliphatic heterocycles. The fraction of sp³-hybridized carbons (Fsp3) is 0.607. The number of carbonyl (C=O) groups is 1. The van der Waals surface area contributed by atoms with Crippen molar-refractivity contribution in [2.24, 2.45) is 5.92 Å². The van der Waals surface area contributed by atoms with E-state index in [2.05, 4.69) is 58.7 Å². The topological polar surface area (TPSA) is 42.0 Å². The predicted molar refractivity (Wildman–Crippen MR) is 135 cm³/mol. The Morgan fingerprint density at radius 1 is 1.24 bits per heavy atom. The summed E-state index contributed by atoms with van der Waals surface area (Å²) in [6, 6.07) is 5.18. The van der Waals surface area contributed by atoms with E-state index >= 15 is 0 Å². The summed E-state index contributed by atoms with van der Waals surface area (Å²) in [5.74, 6) is 2.45. The van der Waals surface area contributed by atoms with Crippen molar-refractivity contribution in [3.63, 3.8) is 0 Å². The molecule has 1 amide bonds. The molecule has 2 bridgehead atoms.